The van der Waals surface area contributed by atoms with Crippen LogP contribution < -0.4 is 5.32 Å². The molecule has 0 bridgehead atoms. The van der Waals surface area contributed by atoms with Gasteiger partial charge in [-0.1, -0.05) is 41.9 Å². The number of nitrogens with zero attached hydrogens (tertiary/aromatic N) is 2. The Kier molecular flexibility index (Phi) is 4.22. The van der Waals surface area contributed by atoms with Crippen LogP contribution in [0.5, 0.6) is 0 Å². The monoisotopic (exact) mass is 297 g/mol. The van der Waals surface area contributed by atoms with Crippen molar-refractivity contribution in [1.82, 2.24) is 9.55 Å². The first-order chi connectivity index (χ1) is 10.3. The molecule has 106 valence electrons. The molecule has 0 aliphatic rings. The van der Waals surface area contributed by atoms with Crippen LogP contribution in [0.25, 0.3) is 11.4 Å². The number of hydrogen-bond donors (Lipinski definition) is 1. The van der Waals surface area contributed by atoms with Gasteiger partial charge in [-0.15, -0.1) is 0 Å². The molecule has 0 radical (unpaired) electrons. The van der Waals surface area contributed by atoms with E-state index < -0.39 is 0 Å². The van der Waals surface area contributed by atoms with Gasteiger partial charge in [-0.2, -0.15) is 0 Å². The Morgan fingerprint density at radius 1 is 1.00 bits per heavy atom. The highest BCUT2D eigenvalue weighted by Gasteiger charge is 2.04. The van der Waals surface area contributed by atoms with Crippen LogP contribution in [-0.2, 0) is 6.54 Å². The van der Waals surface area contributed by atoms with Crippen LogP contribution in [0, 0.1) is 0 Å². The molecule has 4 heteroatoms. The van der Waals surface area contributed by atoms with Gasteiger partial charge in [0.1, 0.15) is 5.82 Å². The van der Waals surface area contributed by atoms with Crippen molar-refractivity contribution in [2.24, 2.45) is 0 Å². The molecule has 0 fully saturated rings. The second-order valence-electron chi connectivity index (χ2n) is 4.74. The Morgan fingerprint density at radius 3 is 2.52 bits per heavy atom. The molecule has 0 atom stereocenters. The molecule has 0 spiro atoms. The highest BCUT2D eigenvalue weighted by atomic mass is 35.5. The highest BCUT2D eigenvalue weighted by Crippen LogP contribution is 2.17. The topological polar surface area (TPSA) is 29.9 Å². The molecule has 0 unspecified atom stereocenters. The maximum atomic E-state index is 5.88. The van der Waals surface area contributed by atoms with Crippen LogP contribution >= 0.6 is 11.6 Å². The van der Waals surface area contributed by atoms with Crippen molar-refractivity contribution in [2.75, 3.05) is 11.9 Å². The van der Waals surface area contributed by atoms with Gasteiger partial charge in [-0.25, -0.2) is 4.98 Å². The van der Waals surface area contributed by atoms with Gasteiger partial charge in [-0.3, -0.25) is 0 Å². The van der Waals surface area contributed by atoms with E-state index in [0.717, 1.165) is 35.2 Å². The summed E-state index contributed by atoms with van der Waals surface area (Å²) in [5.41, 5.74) is 2.20. The Balaban J connectivity index is 1.64. The minimum absolute atomic E-state index is 0.751. The molecule has 0 aliphatic heterocycles. The Morgan fingerprint density at radius 2 is 1.76 bits per heavy atom. The van der Waals surface area contributed by atoms with Crippen molar-refractivity contribution in [1.29, 1.82) is 0 Å². The Bertz CT molecular complexity index is 690. The normalized spacial score (nSPS) is 10.5. The molecule has 3 nitrogen and oxygen atoms in total. The molecule has 1 N–H and O–H groups in total. The van der Waals surface area contributed by atoms with Crippen molar-refractivity contribution in [3.8, 4) is 11.4 Å². The molecule has 1 heterocycles. The summed E-state index contributed by atoms with van der Waals surface area (Å²) >= 11 is 5.88. The van der Waals surface area contributed by atoms with Crippen molar-refractivity contribution < 1.29 is 0 Å². The lowest BCUT2D eigenvalue weighted by molar-refractivity contribution is 0.735. The van der Waals surface area contributed by atoms with E-state index >= 15 is 0 Å². The fraction of sp³-hybridized carbons (Fsp3) is 0.118. The smallest absolute Gasteiger partial charge is 0.139 e. The Hall–Kier alpha value is -2.26. The molecule has 2 aromatic carbocycles. The third-order valence-corrected chi connectivity index (χ3v) is 3.53. The van der Waals surface area contributed by atoms with Crippen molar-refractivity contribution in [2.45, 2.75) is 6.54 Å². The zero-order valence-electron chi connectivity index (χ0n) is 11.5. The van der Waals surface area contributed by atoms with E-state index in [2.05, 4.69) is 27.0 Å². The van der Waals surface area contributed by atoms with Gasteiger partial charge in [0.25, 0.3) is 0 Å². The first-order valence-electron chi connectivity index (χ1n) is 6.89. The lowest BCUT2D eigenvalue weighted by Gasteiger charge is -2.10. The number of rotatable bonds is 5. The van der Waals surface area contributed by atoms with Crippen LogP contribution in [0.3, 0.4) is 0 Å². The van der Waals surface area contributed by atoms with Crippen LogP contribution in [0.1, 0.15) is 0 Å². The van der Waals surface area contributed by atoms with E-state index in [1.54, 1.807) is 0 Å². The molecule has 0 amide bonds. The maximum Gasteiger partial charge on any atom is 0.139 e. The van der Waals surface area contributed by atoms with Crippen LogP contribution in [-0.4, -0.2) is 16.1 Å². The fourth-order valence-electron chi connectivity index (χ4n) is 2.23. The number of imidazole rings is 1. The molecule has 21 heavy (non-hydrogen) atoms. The molecule has 0 aliphatic carbocycles. The lowest BCUT2D eigenvalue weighted by Crippen LogP contribution is -2.10. The number of hydrogen-bond acceptors (Lipinski definition) is 2. The summed E-state index contributed by atoms with van der Waals surface area (Å²) in [7, 11) is 0. The minimum Gasteiger partial charge on any atom is -0.383 e. The van der Waals surface area contributed by atoms with E-state index in [4.69, 9.17) is 11.6 Å². The largest absolute Gasteiger partial charge is 0.383 e. The van der Waals surface area contributed by atoms with Crippen LogP contribution in [0.15, 0.2) is 67.0 Å². The Labute approximate surface area is 129 Å². The van der Waals surface area contributed by atoms with Gasteiger partial charge >= 0.3 is 0 Å². The van der Waals surface area contributed by atoms with E-state index in [1.165, 1.54) is 0 Å². The molecule has 3 aromatic rings. The quantitative estimate of drug-likeness (QED) is 0.760. The van der Waals surface area contributed by atoms with E-state index in [9.17, 15) is 0 Å². The number of aromatic nitrogens is 2. The summed E-state index contributed by atoms with van der Waals surface area (Å²) in [6, 6.07) is 18.0. The van der Waals surface area contributed by atoms with E-state index in [-0.39, 0.29) is 0 Å². The molecule has 0 saturated carbocycles. The van der Waals surface area contributed by atoms with Crippen LogP contribution in [0.2, 0.25) is 5.02 Å². The van der Waals surface area contributed by atoms with Gasteiger partial charge in [0, 0.05) is 41.8 Å². The maximum absolute atomic E-state index is 5.88. The fourth-order valence-corrected chi connectivity index (χ4v) is 2.35. The second kappa shape index (κ2) is 6.46. The van der Waals surface area contributed by atoms with Gasteiger partial charge < -0.3 is 9.88 Å². The van der Waals surface area contributed by atoms with Gasteiger partial charge in [0.15, 0.2) is 0 Å². The average Bonchev–Trinajstić information content (AvgIpc) is 2.99. The lowest BCUT2D eigenvalue weighted by atomic mass is 10.2. The minimum atomic E-state index is 0.751. The number of halogens is 1. The number of benzene rings is 2. The third kappa shape index (κ3) is 3.44. The standard InChI is InChI=1S/C17H16ClN3/c18-15-6-8-16(9-7-15)19-10-12-21-13-11-20-17(21)14-4-2-1-3-5-14/h1-9,11,13,19H,10,12H2. The third-order valence-electron chi connectivity index (χ3n) is 3.27. The number of nitrogens with one attached hydrogen (secondary N) is 1. The summed E-state index contributed by atoms with van der Waals surface area (Å²) in [5.74, 6) is 0.994. The highest BCUT2D eigenvalue weighted by molar-refractivity contribution is 6.30. The zero-order valence-corrected chi connectivity index (χ0v) is 12.3. The summed E-state index contributed by atoms with van der Waals surface area (Å²) in [5, 5.41) is 4.13. The average molecular weight is 298 g/mol. The molecular formula is C17H16ClN3. The van der Waals surface area contributed by atoms with Gasteiger partial charge in [-0.05, 0) is 24.3 Å². The summed E-state index contributed by atoms with van der Waals surface area (Å²) in [4.78, 5) is 4.44. The van der Waals surface area contributed by atoms with E-state index in [0.29, 0.717) is 0 Å². The summed E-state index contributed by atoms with van der Waals surface area (Å²) < 4.78 is 2.15. The van der Waals surface area contributed by atoms with Gasteiger partial charge in [0.2, 0.25) is 0 Å². The van der Waals surface area contributed by atoms with Gasteiger partial charge in [0.05, 0.1) is 0 Å². The summed E-state index contributed by atoms with van der Waals surface area (Å²) in [6.07, 6.45) is 3.84. The first-order valence-corrected chi connectivity index (χ1v) is 7.27. The second-order valence-corrected chi connectivity index (χ2v) is 5.18. The molecule has 3 rings (SSSR count). The van der Waals surface area contributed by atoms with E-state index in [1.807, 2.05) is 54.9 Å². The van der Waals surface area contributed by atoms with Crippen molar-refractivity contribution in [3.05, 3.63) is 72.0 Å². The zero-order chi connectivity index (χ0) is 14.5. The SMILES string of the molecule is Clc1ccc(NCCn2ccnc2-c2ccccc2)cc1. The summed E-state index contributed by atoms with van der Waals surface area (Å²) in [6.45, 7) is 1.69. The molecule has 0 saturated heterocycles. The predicted octanol–water partition coefficient (Wildman–Crippen LogP) is 4.32. The molecule has 1 aromatic heterocycles. The first kappa shape index (κ1) is 13.7. The molecular weight excluding hydrogens is 282 g/mol. The van der Waals surface area contributed by atoms with Crippen molar-refractivity contribution in [3.63, 3.8) is 0 Å². The predicted molar refractivity (Wildman–Crippen MR) is 87.6 cm³/mol. The van der Waals surface area contributed by atoms with Crippen molar-refractivity contribution >= 4 is 17.3 Å². The number of anilines is 1. The van der Waals surface area contributed by atoms with Crippen LogP contribution in [0.4, 0.5) is 5.69 Å².